The number of carbonyl (C=O) groups is 2. The highest BCUT2D eigenvalue weighted by Crippen LogP contribution is 2.58. The average molecular weight is 615 g/mol. The number of nitrogens with zero attached hydrogens (tertiary/aromatic N) is 1. The molecule has 4 aliphatic carbocycles. The van der Waals surface area contributed by atoms with Crippen molar-refractivity contribution < 1.29 is 19.1 Å². The highest BCUT2D eigenvalue weighted by molar-refractivity contribution is 6.51. The summed E-state index contributed by atoms with van der Waals surface area (Å²) < 4.78 is 12.9. The molecule has 2 aromatic carbocycles. The van der Waals surface area contributed by atoms with Gasteiger partial charge in [-0.1, -0.05) is 99.6 Å². The van der Waals surface area contributed by atoms with Crippen LogP contribution in [0.25, 0.3) is 0 Å². The molecule has 46 heavy (non-hydrogen) atoms. The Morgan fingerprint density at radius 2 is 1.43 bits per heavy atom. The predicted octanol–water partition coefficient (Wildman–Crippen LogP) is 8.37. The van der Waals surface area contributed by atoms with E-state index in [0.29, 0.717) is 30.4 Å². The van der Waals surface area contributed by atoms with Gasteiger partial charge in [0.2, 0.25) is 0 Å². The van der Waals surface area contributed by atoms with E-state index >= 15 is 0 Å². The fourth-order valence-corrected chi connectivity index (χ4v) is 8.78. The summed E-state index contributed by atoms with van der Waals surface area (Å²) in [5.74, 6) is 1.73. The van der Waals surface area contributed by atoms with Gasteiger partial charge >= 0.3 is 11.9 Å². The number of rotatable bonds is 14. The van der Waals surface area contributed by atoms with E-state index in [0.717, 1.165) is 42.5 Å². The van der Waals surface area contributed by atoms with Crippen LogP contribution in [0.2, 0.25) is 18.0 Å². The first-order chi connectivity index (χ1) is 22.2. The molecule has 1 heterocycles. The number of hydrogen-bond acceptors (Lipinski definition) is 5. The summed E-state index contributed by atoms with van der Waals surface area (Å²) in [4.78, 5) is 32.3. The monoisotopic (exact) mass is 615 g/mol. The summed E-state index contributed by atoms with van der Waals surface area (Å²) in [5, 5.41) is -0.867. The molecule has 7 heteroatoms. The summed E-state index contributed by atoms with van der Waals surface area (Å²) in [5.41, 5.74) is 1.59. The number of ether oxygens (including phenoxy) is 2. The van der Waals surface area contributed by atoms with Crippen LogP contribution >= 0.6 is 0 Å². The van der Waals surface area contributed by atoms with Gasteiger partial charge in [0.05, 0.1) is 0 Å². The first-order valence-electron chi connectivity index (χ1n) is 17.4. The van der Waals surface area contributed by atoms with Crippen molar-refractivity contribution in [2.45, 2.75) is 107 Å². The van der Waals surface area contributed by atoms with Crippen molar-refractivity contribution in [1.82, 2.24) is 4.98 Å². The number of pyridine rings is 1. The van der Waals surface area contributed by atoms with Crippen LogP contribution in [0.5, 0.6) is 0 Å². The molecule has 4 saturated carbocycles. The molecule has 0 aliphatic heterocycles. The van der Waals surface area contributed by atoms with E-state index in [-0.39, 0.29) is 29.8 Å². The summed E-state index contributed by atoms with van der Waals surface area (Å²) in [7, 11) is 4.24. The van der Waals surface area contributed by atoms with Crippen LogP contribution in [-0.4, -0.2) is 37.1 Å². The zero-order chi connectivity index (χ0) is 32.2. The second kappa shape index (κ2) is 13.8. The lowest BCUT2D eigenvalue weighted by atomic mass is 9.41. The van der Waals surface area contributed by atoms with Gasteiger partial charge < -0.3 is 9.47 Å². The van der Waals surface area contributed by atoms with Crippen molar-refractivity contribution >= 4 is 26.5 Å². The Morgan fingerprint density at radius 3 is 1.96 bits per heavy atom. The third kappa shape index (κ3) is 7.14. The first kappa shape index (κ1) is 32.6. The minimum atomic E-state index is -0.925. The molecule has 3 aromatic rings. The Hall–Kier alpha value is -3.34. The molecule has 0 amide bonds. The topological polar surface area (TPSA) is 65.5 Å². The largest absolute Gasteiger partial charge is 0.459 e. The molecule has 2 radical (unpaired) electrons. The zero-order valence-electron chi connectivity index (χ0n) is 27.7. The number of esters is 2. The molecule has 1 aromatic heterocycles. The number of aromatic nitrogens is 1. The first-order valence-corrected chi connectivity index (χ1v) is 17.4. The molecule has 2 atom stereocenters. The van der Waals surface area contributed by atoms with Crippen LogP contribution in [0, 0.1) is 17.8 Å². The number of benzene rings is 2. The van der Waals surface area contributed by atoms with E-state index in [9.17, 15) is 9.59 Å². The highest BCUT2D eigenvalue weighted by Gasteiger charge is 2.54. The zero-order valence-corrected chi connectivity index (χ0v) is 27.7. The van der Waals surface area contributed by atoms with Gasteiger partial charge in [0.1, 0.15) is 20.2 Å². The molecular weight excluding hydrogens is 568 g/mol. The number of hydrogen-bond donors (Lipinski definition) is 0. The Bertz CT molecular complexity index is 1390. The minimum Gasteiger partial charge on any atom is -0.459 e. The van der Waals surface area contributed by atoms with Crippen LogP contribution in [-0.2, 0) is 24.7 Å². The van der Waals surface area contributed by atoms with Crippen molar-refractivity contribution in [1.29, 1.82) is 0 Å². The van der Waals surface area contributed by atoms with Crippen molar-refractivity contribution in [3.8, 4) is 0 Å². The third-order valence-corrected chi connectivity index (χ3v) is 11.0. The fraction of sp³-hybridized carbons (Fsp3) is 0.513. The Labute approximate surface area is 276 Å². The van der Waals surface area contributed by atoms with E-state index in [2.05, 4.69) is 19.2 Å². The van der Waals surface area contributed by atoms with E-state index in [4.69, 9.17) is 9.47 Å². The van der Waals surface area contributed by atoms with Gasteiger partial charge in [-0.2, -0.15) is 0 Å². The van der Waals surface area contributed by atoms with Crippen LogP contribution in [0.4, 0.5) is 0 Å². The second-order valence-corrected chi connectivity index (χ2v) is 14.6. The van der Waals surface area contributed by atoms with Crippen LogP contribution < -0.4 is 0 Å². The summed E-state index contributed by atoms with van der Waals surface area (Å²) in [6.07, 6.45) is 10.7. The van der Waals surface area contributed by atoms with Gasteiger partial charge in [-0.3, -0.25) is 14.6 Å². The maximum atomic E-state index is 14.3. The van der Waals surface area contributed by atoms with Crippen molar-refractivity contribution in [2.75, 3.05) is 0 Å². The number of carbonyl (C=O) groups excluding carboxylic acids is 2. The normalized spacial score (nSPS) is 25.2. The van der Waals surface area contributed by atoms with Crippen molar-refractivity contribution in [2.24, 2.45) is 17.8 Å². The maximum absolute atomic E-state index is 14.3. The lowest BCUT2D eigenvalue weighted by Crippen LogP contribution is -2.53. The van der Waals surface area contributed by atoms with Crippen LogP contribution in [0.1, 0.15) is 94.8 Å². The molecule has 5 nitrogen and oxygen atoms in total. The molecule has 4 aliphatic rings. The van der Waals surface area contributed by atoms with Crippen molar-refractivity contribution in [3.05, 3.63) is 102 Å². The molecule has 238 valence electrons. The predicted molar refractivity (Wildman–Crippen MR) is 184 cm³/mol. The molecule has 4 bridgehead atoms. The maximum Gasteiger partial charge on any atom is 0.306 e. The van der Waals surface area contributed by atoms with E-state index in [1.807, 2.05) is 106 Å². The second-order valence-electron chi connectivity index (χ2n) is 14.6. The standard InChI is InChI=1S/C39H47B2NO4/c1-4-33(34-17-11-12-20-42-34)40-27-37(2,36(44)46-39-24-28-21-29(25-39)23-30(22-28)26-39)41-19-18-35(43)45-38(3,31-13-7-5-8-14-31)32-15-9-6-10-16-32/h5-17,20,28-30,33H,4,18-19,21-27H2,1-3H3. The third-order valence-electron chi connectivity index (χ3n) is 11.0. The van der Waals surface area contributed by atoms with E-state index < -0.39 is 10.9 Å². The summed E-state index contributed by atoms with van der Waals surface area (Å²) in [6.45, 7) is 6.09. The Morgan fingerprint density at radius 1 is 0.870 bits per heavy atom. The van der Waals surface area contributed by atoms with Gasteiger partial charge in [-0.05, 0) is 92.3 Å². The summed E-state index contributed by atoms with van der Waals surface area (Å²) in [6, 6.07) is 25.7. The molecule has 0 spiro atoms. The van der Waals surface area contributed by atoms with Gasteiger partial charge in [0.25, 0.3) is 0 Å². The average Bonchev–Trinajstić information content (AvgIpc) is 3.05. The van der Waals surface area contributed by atoms with E-state index in [1.165, 1.54) is 19.3 Å². The molecule has 0 N–H and O–H groups in total. The molecule has 7 rings (SSSR count). The van der Waals surface area contributed by atoms with Gasteiger partial charge in [0.15, 0.2) is 5.60 Å². The molecule has 2 unspecified atom stereocenters. The SMILES string of the molecule is CCC([B]CC(C)([B]CCC(=O)OC(C)(c1ccccc1)c1ccccc1)C(=O)OC12CC3CC(CC(C3)C1)C2)c1ccccn1. The Kier molecular flexibility index (Phi) is 9.77. The highest BCUT2D eigenvalue weighted by atomic mass is 16.6. The lowest BCUT2D eigenvalue weighted by molar-refractivity contribution is -0.189. The lowest BCUT2D eigenvalue weighted by Gasteiger charge is -2.56. The van der Waals surface area contributed by atoms with E-state index in [1.54, 1.807) is 0 Å². The minimum absolute atomic E-state index is 0.128. The Balaban J connectivity index is 1.16. The van der Waals surface area contributed by atoms with Gasteiger partial charge in [0, 0.05) is 23.6 Å². The fourth-order valence-electron chi connectivity index (χ4n) is 8.78. The van der Waals surface area contributed by atoms with Gasteiger partial charge in [-0.25, -0.2) is 0 Å². The van der Waals surface area contributed by atoms with Gasteiger partial charge in [-0.15, -0.1) is 0 Å². The quantitative estimate of drug-likeness (QED) is 0.135. The molecular formula is C39H47B2NO4. The van der Waals surface area contributed by atoms with Crippen molar-refractivity contribution in [3.63, 3.8) is 0 Å². The smallest absolute Gasteiger partial charge is 0.306 e. The molecule has 4 fully saturated rings. The summed E-state index contributed by atoms with van der Waals surface area (Å²) >= 11 is 0. The molecule has 0 saturated heterocycles. The van der Waals surface area contributed by atoms with Crippen LogP contribution in [0.3, 0.4) is 0 Å². The van der Waals surface area contributed by atoms with Crippen LogP contribution in [0.15, 0.2) is 85.1 Å².